The van der Waals surface area contributed by atoms with Crippen LogP contribution in [0.2, 0.25) is 0 Å². The quantitative estimate of drug-likeness (QED) is 0.589. The SMILES string of the molecule is CC1(C(=O)O)CCCN1C(=O)C(CNC(=O)OCC1c2ccccc2-c2ccccc21)CC1CC1. The first kappa shape index (κ1) is 23.4. The van der Waals surface area contributed by atoms with Gasteiger partial charge in [0.05, 0.1) is 5.92 Å². The summed E-state index contributed by atoms with van der Waals surface area (Å²) in [5, 5.41) is 12.5. The van der Waals surface area contributed by atoms with E-state index in [1.807, 2.05) is 24.3 Å². The van der Waals surface area contributed by atoms with Crippen LogP contribution in [0.25, 0.3) is 11.1 Å². The number of carbonyl (C=O) groups excluding carboxylic acids is 2. The van der Waals surface area contributed by atoms with Gasteiger partial charge < -0.3 is 20.1 Å². The molecule has 2 atom stereocenters. The van der Waals surface area contributed by atoms with Crippen LogP contribution < -0.4 is 5.32 Å². The number of hydrogen-bond donors (Lipinski definition) is 2. The van der Waals surface area contributed by atoms with Gasteiger partial charge in [0.2, 0.25) is 5.91 Å². The second-order valence-electron chi connectivity index (χ2n) is 10.3. The minimum atomic E-state index is -1.18. The Morgan fingerprint density at radius 3 is 2.31 bits per heavy atom. The highest BCUT2D eigenvalue weighted by atomic mass is 16.5. The van der Waals surface area contributed by atoms with Gasteiger partial charge in [-0.05, 0) is 54.4 Å². The van der Waals surface area contributed by atoms with Gasteiger partial charge in [0.1, 0.15) is 12.1 Å². The van der Waals surface area contributed by atoms with Crippen LogP contribution in [-0.4, -0.2) is 53.2 Å². The molecule has 2 aliphatic carbocycles. The summed E-state index contributed by atoms with van der Waals surface area (Å²) in [6.45, 7) is 2.42. The number of carbonyl (C=O) groups is 3. The highest BCUT2D eigenvalue weighted by Crippen LogP contribution is 2.44. The minimum Gasteiger partial charge on any atom is -0.480 e. The maximum absolute atomic E-state index is 13.4. The van der Waals surface area contributed by atoms with Crippen molar-refractivity contribution in [2.45, 2.75) is 50.5 Å². The summed E-state index contributed by atoms with van der Waals surface area (Å²) >= 11 is 0. The number of amides is 2. The highest BCUT2D eigenvalue weighted by molar-refractivity contribution is 5.89. The molecule has 0 bridgehead atoms. The Morgan fingerprint density at radius 1 is 1.09 bits per heavy atom. The molecule has 2 aromatic rings. The van der Waals surface area contributed by atoms with E-state index in [9.17, 15) is 19.5 Å². The second kappa shape index (κ2) is 9.36. The molecule has 0 radical (unpaired) electrons. The zero-order valence-electron chi connectivity index (χ0n) is 20.0. The number of nitrogens with one attached hydrogen (secondary N) is 1. The number of hydrogen-bond acceptors (Lipinski definition) is 4. The fraction of sp³-hybridized carbons (Fsp3) is 0.464. The largest absolute Gasteiger partial charge is 0.480 e. The third kappa shape index (κ3) is 4.51. The summed E-state index contributed by atoms with van der Waals surface area (Å²) in [6.07, 6.45) is 3.38. The van der Waals surface area contributed by atoms with E-state index in [1.165, 1.54) is 16.0 Å². The first-order chi connectivity index (χ1) is 16.9. The van der Waals surface area contributed by atoms with E-state index in [4.69, 9.17) is 4.74 Å². The molecule has 1 saturated carbocycles. The molecular weight excluding hydrogens is 444 g/mol. The van der Waals surface area contributed by atoms with Crippen molar-refractivity contribution in [1.82, 2.24) is 10.2 Å². The molecule has 2 amide bonds. The van der Waals surface area contributed by atoms with Crippen molar-refractivity contribution in [2.24, 2.45) is 11.8 Å². The summed E-state index contributed by atoms with van der Waals surface area (Å²) in [4.78, 5) is 39.4. The van der Waals surface area contributed by atoms with Crippen LogP contribution in [0, 0.1) is 11.8 Å². The molecule has 7 heteroatoms. The van der Waals surface area contributed by atoms with Crippen LogP contribution in [0.3, 0.4) is 0 Å². The van der Waals surface area contributed by atoms with E-state index in [2.05, 4.69) is 29.6 Å². The monoisotopic (exact) mass is 476 g/mol. The maximum atomic E-state index is 13.4. The lowest BCUT2D eigenvalue weighted by Crippen LogP contribution is -2.53. The van der Waals surface area contributed by atoms with Crippen LogP contribution in [0.5, 0.6) is 0 Å². The van der Waals surface area contributed by atoms with Gasteiger partial charge in [-0.2, -0.15) is 0 Å². The number of ether oxygens (including phenoxy) is 1. The summed E-state index contributed by atoms with van der Waals surface area (Å²) in [6, 6.07) is 16.3. The molecule has 3 aliphatic rings. The first-order valence-electron chi connectivity index (χ1n) is 12.5. The molecule has 2 fully saturated rings. The molecule has 7 nitrogen and oxygen atoms in total. The lowest BCUT2D eigenvalue weighted by atomic mass is 9.95. The Bertz CT molecular complexity index is 1100. The number of carboxylic acids is 1. The van der Waals surface area contributed by atoms with Gasteiger partial charge >= 0.3 is 12.1 Å². The lowest BCUT2D eigenvalue weighted by Gasteiger charge is -2.34. The highest BCUT2D eigenvalue weighted by Gasteiger charge is 2.47. The Morgan fingerprint density at radius 2 is 1.71 bits per heavy atom. The number of aliphatic carboxylic acids is 1. The van der Waals surface area contributed by atoms with Crippen LogP contribution in [0.15, 0.2) is 48.5 Å². The normalized spacial score (nSPS) is 21.8. The Kier molecular flexibility index (Phi) is 6.26. The van der Waals surface area contributed by atoms with Gasteiger partial charge in [0.25, 0.3) is 0 Å². The van der Waals surface area contributed by atoms with Crippen molar-refractivity contribution in [1.29, 1.82) is 0 Å². The topological polar surface area (TPSA) is 95.9 Å². The molecule has 1 aliphatic heterocycles. The molecular formula is C28H32N2O5. The molecule has 1 saturated heterocycles. The molecule has 0 aromatic heterocycles. The van der Waals surface area contributed by atoms with E-state index < -0.39 is 23.5 Å². The molecule has 2 N–H and O–H groups in total. The van der Waals surface area contributed by atoms with Gasteiger partial charge in [-0.25, -0.2) is 9.59 Å². The van der Waals surface area contributed by atoms with E-state index >= 15 is 0 Å². The number of fused-ring (bicyclic) bond motifs is 3. The van der Waals surface area contributed by atoms with Crippen LogP contribution in [0.4, 0.5) is 4.79 Å². The van der Waals surface area contributed by atoms with Gasteiger partial charge in [-0.15, -0.1) is 0 Å². The summed E-state index contributed by atoms with van der Waals surface area (Å²) in [7, 11) is 0. The van der Waals surface area contributed by atoms with Crippen LogP contribution in [0.1, 0.15) is 56.1 Å². The zero-order valence-corrected chi connectivity index (χ0v) is 20.0. The van der Waals surface area contributed by atoms with E-state index in [0.717, 1.165) is 24.0 Å². The number of benzene rings is 2. The number of nitrogens with zero attached hydrogens (tertiary/aromatic N) is 1. The molecule has 35 heavy (non-hydrogen) atoms. The third-order valence-electron chi connectivity index (χ3n) is 7.87. The van der Waals surface area contributed by atoms with Crippen LogP contribution >= 0.6 is 0 Å². The fourth-order valence-electron chi connectivity index (χ4n) is 5.64. The van der Waals surface area contributed by atoms with Crippen molar-refractivity contribution in [3.05, 3.63) is 59.7 Å². The first-order valence-corrected chi connectivity index (χ1v) is 12.5. The number of likely N-dealkylation sites (tertiary alicyclic amines) is 1. The Hall–Kier alpha value is -3.35. The Labute approximate surface area is 205 Å². The standard InChI is InChI=1S/C28H32N2O5/c1-28(26(32)33)13-6-14-30(28)25(31)19(15-18-11-12-18)16-29-27(34)35-17-24-22-9-4-2-7-20(22)21-8-3-5-10-23(21)24/h2-5,7-10,18-19,24H,6,11-17H2,1H3,(H,29,34)(H,32,33). The predicted molar refractivity (Wildman–Crippen MR) is 131 cm³/mol. The molecule has 2 unspecified atom stereocenters. The molecule has 5 rings (SSSR count). The average molecular weight is 477 g/mol. The van der Waals surface area contributed by atoms with E-state index in [1.54, 1.807) is 6.92 Å². The smallest absolute Gasteiger partial charge is 0.407 e. The molecule has 184 valence electrons. The van der Waals surface area contributed by atoms with E-state index in [0.29, 0.717) is 31.7 Å². The predicted octanol–water partition coefficient (Wildman–Crippen LogP) is 4.41. The summed E-state index contributed by atoms with van der Waals surface area (Å²) in [5.74, 6) is -1.17. The molecule has 2 aromatic carbocycles. The number of carboxylic acid groups (broad SMARTS) is 1. The van der Waals surface area contributed by atoms with Crippen LogP contribution in [-0.2, 0) is 14.3 Å². The minimum absolute atomic E-state index is 0.0297. The number of alkyl carbamates (subject to hydrolysis) is 1. The van der Waals surface area contributed by atoms with Gasteiger partial charge in [0, 0.05) is 19.0 Å². The van der Waals surface area contributed by atoms with E-state index in [-0.39, 0.29) is 25.0 Å². The summed E-state index contributed by atoms with van der Waals surface area (Å²) in [5.41, 5.74) is 3.44. The van der Waals surface area contributed by atoms with Crippen molar-refractivity contribution < 1.29 is 24.2 Å². The summed E-state index contributed by atoms with van der Waals surface area (Å²) < 4.78 is 5.63. The number of rotatable bonds is 8. The van der Waals surface area contributed by atoms with Gasteiger partial charge in [0.15, 0.2) is 0 Å². The third-order valence-corrected chi connectivity index (χ3v) is 7.87. The van der Waals surface area contributed by atoms with Crippen molar-refractivity contribution in [3.8, 4) is 11.1 Å². The maximum Gasteiger partial charge on any atom is 0.407 e. The molecule has 0 spiro atoms. The van der Waals surface area contributed by atoms with Crippen molar-refractivity contribution in [2.75, 3.05) is 19.7 Å². The second-order valence-corrected chi connectivity index (χ2v) is 10.3. The zero-order chi connectivity index (χ0) is 24.6. The lowest BCUT2D eigenvalue weighted by molar-refractivity contribution is -0.157. The Balaban J connectivity index is 1.22. The van der Waals surface area contributed by atoms with Crippen molar-refractivity contribution in [3.63, 3.8) is 0 Å². The van der Waals surface area contributed by atoms with Crippen molar-refractivity contribution >= 4 is 18.0 Å². The average Bonchev–Trinajstić information content (AvgIpc) is 3.50. The molecule has 1 heterocycles. The van der Waals surface area contributed by atoms with Gasteiger partial charge in [-0.1, -0.05) is 61.4 Å². The van der Waals surface area contributed by atoms with Gasteiger partial charge in [-0.3, -0.25) is 4.79 Å². The fourth-order valence-corrected chi connectivity index (χ4v) is 5.64.